The molecule has 0 saturated heterocycles. The van der Waals surface area contributed by atoms with Gasteiger partial charge in [-0.3, -0.25) is 4.79 Å². The number of ether oxygens (including phenoxy) is 1. The van der Waals surface area contributed by atoms with Crippen molar-refractivity contribution in [3.8, 4) is 0 Å². The minimum absolute atomic E-state index is 0.0481. The lowest BCUT2D eigenvalue weighted by molar-refractivity contribution is -0.141. The molecule has 88 valence electrons. The molecule has 0 aromatic heterocycles. The molecule has 0 aliphatic carbocycles. The molecule has 0 aliphatic rings. The van der Waals surface area contributed by atoms with Gasteiger partial charge < -0.3 is 4.74 Å². The average molecular weight is 238 g/mol. The van der Waals surface area contributed by atoms with Gasteiger partial charge in [0.2, 0.25) is 0 Å². The van der Waals surface area contributed by atoms with E-state index in [0.717, 1.165) is 12.8 Å². The van der Waals surface area contributed by atoms with E-state index >= 15 is 0 Å². The van der Waals surface area contributed by atoms with E-state index in [-0.39, 0.29) is 13.9 Å². The van der Waals surface area contributed by atoms with Gasteiger partial charge in [0, 0.05) is 6.92 Å². The van der Waals surface area contributed by atoms with E-state index in [1.807, 2.05) is 6.07 Å². The summed E-state index contributed by atoms with van der Waals surface area (Å²) in [5.74, 6) is -0.179. The number of esters is 1. The lowest BCUT2D eigenvalue weighted by atomic mass is 10.4. The van der Waals surface area contributed by atoms with Gasteiger partial charge in [0.05, 0.1) is 6.61 Å². The van der Waals surface area contributed by atoms with Crippen LogP contribution in [0.2, 0.25) is 0 Å². The Balaban J connectivity index is 2.16. The first kappa shape index (κ1) is 13.2. The summed E-state index contributed by atoms with van der Waals surface area (Å²) in [7, 11) is -0.0481. The first-order valence-corrected chi connectivity index (χ1v) is 7.57. The molecule has 0 saturated carbocycles. The van der Waals surface area contributed by atoms with Crippen LogP contribution in [-0.4, -0.2) is 25.4 Å². The number of benzene rings is 1. The van der Waals surface area contributed by atoms with Crippen LogP contribution in [0.3, 0.4) is 0 Å². The molecule has 0 heterocycles. The fraction of sp³-hybridized carbons (Fsp3) is 0.462. The average Bonchev–Trinajstić information content (AvgIpc) is 2.29. The first-order chi connectivity index (χ1) is 7.70. The van der Waals surface area contributed by atoms with Crippen LogP contribution in [0, 0.1) is 0 Å². The summed E-state index contributed by atoms with van der Waals surface area (Å²) in [6.45, 7) is 4.32. The van der Waals surface area contributed by atoms with Crippen molar-refractivity contribution in [3.63, 3.8) is 0 Å². The highest BCUT2D eigenvalue weighted by Crippen LogP contribution is 2.30. The summed E-state index contributed by atoms with van der Waals surface area (Å²) in [4.78, 5) is 10.5. The molecule has 1 aromatic carbocycles. The molecule has 3 heteroatoms. The zero-order chi connectivity index (χ0) is 11.8. The Kier molecular flexibility index (Phi) is 6.10. The second-order valence-electron chi connectivity index (χ2n) is 3.80. The van der Waals surface area contributed by atoms with E-state index in [1.165, 1.54) is 18.4 Å². The minimum atomic E-state index is -0.179. The summed E-state index contributed by atoms with van der Waals surface area (Å²) < 4.78 is 4.90. The molecule has 2 nitrogen and oxygen atoms in total. The van der Waals surface area contributed by atoms with Gasteiger partial charge in [-0.05, 0) is 31.0 Å². The van der Waals surface area contributed by atoms with Crippen molar-refractivity contribution in [2.45, 2.75) is 19.8 Å². The molecular formula is C13H19O2P. The van der Waals surface area contributed by atoms with Gasteiger partial charge in [0.1, 0.15) is 0 Å². The highest BCUT2D eigenvalue weighted by molar-refractivity contribution is 7.64. The first-order valence-electron chi connectivity index (χ1n) is 5.59. The fourth-order valence-corrected chi connectivity index (χ4v) is 3.12. The third-order valence-corrected chi connectivity index (χ3v) is 4.56. The molecule has 16 heavy (non-hydrogen) atoms. The molecule has 0 bridgehead atoms. The lowest BCUT2D eigenvalue weighted by Crippen LogP contribution is -2.04. The summed E-state index contributed by atoms with van der Waals surface area (Å²) in [5, 5.41) is 1.45. The third kappa shape index (κ3) is 5.27. The normalized spacial score (nSPS) is 12.1. The number of carbonyl (C=O) groups excluding carboxylic acids is 1. The van der Waals surface area contributed by atoms with E-state index in [1.54, 1.807) is 0 Å². The topological polar surface area (TPSA) is 26.3 Å². The lowest BCUT2D eigenvalue weighted by Gasteiger charge is -2.12. The van der Waals surface area contributed by atoms with Crippen molar-refractivity contribution in [2.75, 3.05) is 19.4 Å². The van der Waals surface area contributed by atoms with Gasteiger partial charge in [0.25, 0.3) is 0 Å². The van der Waals surface area contributed by atoms with Crippen LogP contribution in [0.1, 0.15) is 19.8 Å². The van der Waals surface area contributed by atoms with Crippen LogP contribution in [0.5, 0.6) is 0 Å². The minimum Gasteiger partial charge on any atom is -0.466 e. The zero-order valence-corrected chi connectivity index (χ0v) is 10.9. The molecule has 1 rings (SSSR count). The summed E-state index contributed by atoms with van der Waals surface area (Å²) in [6, 6.07) is 10.6. The van der Waals surface area contributed by atoms with Crippen molar-refractivity contribution >= 4 is 19.2 Å². The molecule has 0 aliphatic heterocycles. The van der Waals surface area contributed by atoms with Crippen LogP contribution in [0.4, 0.5) is 0 Å². The smallest absolute Gasteiger partial charge is 0.302 e. The van der Waals surface area contributed by atoms with Crippen LogP contribution in [-0.2, 0) is 9.53 Å². The van der Waals surface area contributed by atoms with E-state index in [0.29, 0.717) is 6.61 Å². The predicted molar refractivity (Wildman–Crippen MR) is 69.7 cm³/mol. The van der Waals surface area contributed by atoms with Crippen molar-refractivity contribution in [2.24, 2.45) is 0 Å². The Bertz CT molecular complexity index is 311. The van der Waals surface area contributed by atoms with Crippen LogP contribution < -0.4 is 5.30 Å². The van der Waals surface area contributed by atoms with Crippen molar-refractivity contribution < 1.29 is 9.53 Å². The molecular weight excluding hydrogens is 219 g/mol. The van der Waals surface area contributed by atoms with Gasteiger partial charge >= 0.3 is 5.97 Å². The second kappa shape index (κ2) is 7.40. The Labute approximate surface area is 98.8 Å². The maximum Gasteiger partial charge on any atom is 0.302 e. The Morgan fingerprint density at radius 2 is 1.94 bits per heavy atom. The van der Waals surface area contributed by atoms with Crippen LogP contribution >= 0.6 is 7.92 Å². The van der Waals surface area contributed by atoms with Crippen molar-refractivity contribution in [3.05, 3.63) is 30.3 Å². The predicted octanol–water partition coefficient (Wildman–Crippen LogP) is 2.77. The molecule has 0 amide bonds. The molecule has 0 radical (unpaired) electrons. The number of hydrogen-bond acceptors (Lipinski definition) is 2. The maximum absolute atomic E-state index is 10.5. The molecule has 1 unspecified atom stereocenters. The molecule has 0 fully saturated rings. The Hall–Kier alpha value is -0.880. The van der Waals surface area contributed by atoms with Gasteiger partial charge in [-0.15, -0.1) is 0 Å². The van der Waals surface area contributed by atoms with Gasteiger partial charge in [-0.1, -0.05) is 38.3 Å². The van der Waals surface area contributed by atoms with Crippen molar-refractivity contribution in [1.29, 1.82) is 0 Å². The Morgan fingerprint density at radius 1 is 1.25 bits per heavy atom. The Morgan fingerprint density at radius 3 is 2.56 bits per heavy atom. The molecule has 1 aromatic rings. The van der Waals surface area contributed by atoms with E-state index in [2.05, 4.69) is 30.9 Å². The number of carbonyl (C=O) groups is 1. The number of unbranched alkanes of at least 4 members (excludes halogenated alkanes) is 1. The van der Waals surface area contributed by atoms with Crippen molar-refractivity contribution in [1.82, 2.24) is 0 Å². The molecule has 0 spiro atoms. The summed E-state index contributed by atoms with van der Waals surface area (Å²) >= 11 is 0. The quantitative estimate of drug-likeness (QED) is 0.433. The van der Waals surface area contributed by atoms with Gasteiger partial charge in [-0.2, -0.15) is 0 Å². The zero-order valence-electron chi connectivity index (χ0n) is 9.98. The number of hydrogen-bond donors (Lipinski definition) is 0. The standard InChI is InChI=1S/C13H19O2P/c1-12(14)15-10-6-7-11-16(2)13-8-4-3-5-9-13/h3-5,8-9H,6-7,10-11H2,1-2H3. The monoisotopic (exact) mass is 238 g/mol. The number of rotatable bonds is 6. The van der Waals surface area contributed by atoms with E-state index in [4.69, 9.17) is 4.74 Å². The van der Waals surface area contributed by atoms with Gasteiger partial charge in [0.15, 0.2) is 0 Å². The maximum atomic E-state index is 10.5. The van der Waals surface area contributed by atoms with Crippen LogP contribution in [0.15, 0.2) is 30.3 Å². The second-order valence-corrected chi connectivity index (χ2v) is 6.16. The third-order valence-electron chi connectivity index (χ3n) is 2.39. The molecule has 1 atom stereocenters. The SMILES string of the molecule is CC(=O)OCCCCP(C)c1ccccc1. The fourth-order valence-electron chi connectivity index (χ4n) is 1.48. The van der Waals surface area contributed by atoms with Crippen LogP contribution in [0.25, 0.3) is 0 Å². The summed E-state index contributed by atoms with van der Waals surface area (Å²) in [6.07, 6.45) is 3.31. The highest BCUT2D eigenvalue weighted by atomic mass is 31.1. The highest BCUT2D eigenvalue weighted by Gasteiger charge is 2.03. The molecule has 0 N–H and O–H groups in total. The van der Waals surface area contributed by atoms with E-state index in [9.17, 15) is 4.79 Å². The van der Waals surface area contributed by atoms with E-state index < -0.39 is 0 Å². The largest absolute Gasteiger partial charge is 0.466 e. The summed E-state index contributed by atoms with van der Waals surface area (Å²) in [5.41, 5.74) is 0. The van der Waals surface area contributed by atoms with Gasteiger partial charge in [-0.25, -0.2) is 0 Å².